The minimum Gasteiger partial charge on any atom is -0.389 e. The summed E-state index contributed by atoms with van der Waals surface area (Å²) in [5.41, 5.74) is 2.72. The smallest absolute Gasteiger partial charge is 0.148 e. The maximum absolute atomic E-state index is 10.00. The zero-order valence-electron chi connectivity index (χ0n) is 12.5. The highest BCUT2D eigenvalue weighted by Gasteiger charge is 2.21. The van der Waals surface area contributed by atoms with Crippen molar-refractivity contribution >= 4 is 11.6 Å². The monoisotopic (exact) mass is 267 g/mol. The molecule has 19 heavy (non-hydrogen) atoms. The molecule has 0 aliphatic carbocycles. The number of nitrogens with one attached hydrogen (secondary N) is 1. The van der Waals surface area contributed by atoms with E-state index in [1.165, 1.54) is 0 Å². The van der Waals surface area contributed by atoms with Crippen LogP contribution in [0.25, 0.3) is 0 Å². The summed E-state index contributed by atoms with van der Waals surface area (Å²) in [6.07, 6.45) is 0.738. The molecule has 1 rings (SSSR count). The summed E-state index contributed by atoms with van der Waals surface area (Å²) in [6, 6.07) is 0. The maximum Gasteiger partial charge on any atom is 0.148 e. The van der Waals surface area contributed by atoms with Gasteiger partial charge < -0.3 is 15.4 Å². The molecule has 0 amide bonds. The number of hydrogen-bond acceptors (Lipinski definition) is 6. The molecule has 0 aromatic carbocycles. The van der Waals surface area contributed by atoms with E-state index in [1.54, 1.807) is 13.8 Å². The highest BCUT2D eigenvalue weighted by molar-refractivity contribution is 5.58. The number of aliphatic hydroxyl groups is 1. The fourth-order valence-electron chi connectivity index (χ4n) is 1.96. The summed E-state index contributed by atoms with van der Waals surface area (Å²) >= 11 is 0. The Labute approximate surface area is 115 Å². The molecule has 6 heteroatoms. The molecule has 0 saturated carbocycles. The Morgan fingerprint density at radius 1 is 1.32 bits per heavy atom. The molecule has 0 fully saturated rings. The normalized spacial score (nSPS) is 11.5. The van der Waals surface area contributed by atoms with Crippen molar-refractivity contribution in [2.75, 3.05) is 23.4 Å². The summed E-state index contributed by atoms with van der Waals surface area (Å²) in [4.78, 5) is 10.9. The molecule has 0 aliphatic rings. The first-order chi connectivity index (χ1) is 8.82. The van der Waals surface area contributed by atoms with E-state index < -0.39 is 5.60 Å². The van der Waals surface area contributed by atoms with Crippen LogP contribution in [-0.4, -0.2) is 33.8 Å². The van der Waals surface area contributed by atoms with Gasteiger partial charge in [0.25, 0.3) is 0 Å². The summed E-state index contributed by atoms with van der Waals surface area (Å²) < 4.78 is 0. The zero-order chi connectivity index (χ0) is 14.6. The number of hydrogen-bond donors (Lipinski definition) is 3. The van der Waals surface area contributed by atoms with E-state index in [0.29, 0.717) is 12.4 Å². The Morgan fingerprint density at radius 2 is 1.95 bits per heavy atom. The second-order valence-electron chi connectivity index (χ2n) is 5.26. The van der Waals surface area contributed by atoms with Gasteiger partial charge in [-0.3, -0.25) is 0 Å². The third-order valence-electron chi connectivity index (χ3n) is 2.88. The van der Waals surface area contributed by atoms with Crippen LogP contribution in [0.15, 0.2) is 0 Å². The molecule has 0 radical (unpaired) electrons. The minimum atomic E-state index is -0.782. The van der Waals surface area contributed by atoms with Gasteiger partial charge in [-0.25, -0.2) is 15.8 Å². The van der Waals surface area contributed by atoms with Crippen LogP contribution in [0, 0.1) is 6.92 Å². The Balaban J connectivity index is 3.22. The molecule has 1 aromatic rings. The van der Waals surface area contributed by atoms with Crippen LogP contribution in [0.3, 0.4) is 0 Å². The quantitative estimate of drug-likeness (QED) is 0.531. The summed E-state index contributed by atoms with van der Waals surface area (Å²) in [5, 5.41) is 10.00. The number of nitrogens with zero attached hydrogens (tertiary/aromatic N) is 3. The Bertz CT molecular complexity index is 428. The fourth-order valence-corrected chi connectivity index (χ4v) is 1.96. The van der Waals surface area contributed by atoms with Gasteiger partial charge in [-0.05, 0) is 27.7 Å². The highest BCUT2D eigenvalue weighted by atomic mass is 16.3. The van der Waals surface area contributed by atoms with Crippen LogP contribution >= 0.6 is 0 Å². The van der Waals surface area contributed by atoms with Gasteiger partial charge >= 0.3 is 0 Å². The van der Waals surface area contributed by atoms with E-state index >= 15 is 0 Å². The van der Waals surface area contributed by atoms with E-state index in [-0.39, 0.29) is 0 Å². The predicted molar refractivity (Wildman–Crippen MR) is 78.1 cm³/mol. The Morgan fingerprint density at radius 3 is 2.37 bits per heavy atom. The first-order valence-electron chi connectivity index (χ1n) is 6.63. The molecule has 0 unspecified atom stereocenters. The lowest BCUT2D eigenvalue weighted by Crippen LogP contribution is -2.39. The second-order valence-corrected chi connectivity index (χ2v) is 5.26. The molecule has 0 bridgehead atoms. The SMILES string of the molecule is CCc1nc(NN)c(C)c(N(CC)CC(C)(C)O)n1. The molecule has 4 N–H and O–H groups in total. The molecule has 0 atom stereocenters. The molecule has 6 nitrogen and oxygen atoms in total. The molecule has 1 aromatic heterocycles. The molecular weight excluding hydrogens is 242 g/mol. The van der Waals surface area contributed by atoms with Gasteiger partial charge in [-0.1, -0.05) is 6.92 Å². The summed E-state index contributed by atoms with van der Waals surface area (Å²) in [6.45, 7) is 10.8. The number of nitrogen functional groups attached to an aromatic ring is 1. The molecule has 0 saturated heterocycles. The topological polar surface area (TPSA) is 87.3 Å². The van der Waals surface area contributed by atoms with Crippen LogP contribution in [0.5, 0.6) is 0 Å². The second kappa shape index (κ2) is 6.16. The van der Waals surface area contributed by atoms with Gasteiger partial charge in [0.1, 0.15) is 17.5 Å². The summed E-state index contributed by atoms with van der Waals surface area (Å²) in [7, 11) is 0. The van der Waals surface area contributed by atoms with E-state index in [0.717, 1.165) is 30.2 Å². The van der Waals surface area contributed by atoms with Crippen LogP contribution in [-0.2, 0) is 6.42 Å². The van der Waals surface area contributed by atoms with E-state index in [9.17, 15) is 5.11 Å². The van der Waals surface area contributed by atoms with Gasteiger partial charge in [-0.15, -0.1) is 0 Å². The van der Waals surface area contributed by atoms with Gasteiger partial charge in [0.15, 0.2) is 0 Å². The fraction of sp³-hybridized carbons (Fsp3) is 0.692. The van der Waals surface area contributed by atoms with Crippen LogP contribution in [0.1, 0.15) is 39.1 Å². The molecular formula is C13H25N5O. The average Bonchev–Trinajstić information content (AvgIpc) is 2.35. The van der Waals surface area contributed by atoms with Crippen molar-refractivity contribution in [3.63, 3.8) is 0 Å². The number of likely N-dealkylation sites (N-methyl/N-ethyl adjacent to an activating group) is 1. The number of aryl methyl sites for hydroxylation is 1. The zero-order valence-corrected chi connectivity index (χ0v) is 12.5. The molecule has 1 heterocycles. The first kappa shape index (κ1) is 15.7. The van der Waals surface area contributed by atoms with Crippen LogP contribution in [0.2, 0.25) is 0 Å². The number of aromatic nitrogens is 2. The van der Waals surface area contributed by atoms with Crippen molar-refractivity contribution in [2.45, 2.75) is 46.6 Å². The van der Waals surface area contributed by atoms with Gasteiger partial charge in [0, 0.05) is 25.1 Å². The van der Waals surface area contributed by atoms with E-state index in [2.05, 4.69) is 15.4 Å². The Hall–Kier alpha value is -1.40. The number of nitrogens with two attached hydrogens (primary N) is 1. The van der Waals surface area contributed by atoms with Crippen molar-refractivity contribution < 1.29 is 5.11 Å². The van der Waals surface area contributed by atoms with Crippen molar-refractivity contribution in [2.24, 2.45) is 5.84 Å². The van der Waals surface area contributed by atoms with Crippen LogP contribution < -0.4 is 16.2 Å². The maximum atomic E-state index is 10.00. The number of rotatable bonds is 6. The van der Waals surface area contributed by atoms with Gasteiger partial charge in [0.05, 0.1) is 5.60 Å². The van der Waals surface area contributed by atoms with E-state index in [1.807, 2.05) is 25.7 Å². The molecule has 0 aliphatic heterocycles. The van der Waals surface area contributed by atoms with Crippen molar-refractivity contribution in [3.8, 4) is 0 Å². The van der Waals surface area contributed by atoms with Crippen molar-refractivity contribution in [1.29, 1.82) is 0 Å². The van der Waals surface area contributed by atoms with Crippen LogP contribution in [0.4, 0.5) is 11.6 Å². The number of anilines is 2. The Kier molecular flexibility index (Phi) is 5.08. The van der Waals surface area contributed by atoms with Gasteiger partial charge in [0.2, 0.25) is 0 Å². The highest BCUT2D eigenvalue weighted by Crippen LogP contribution is 2.24. The lowest BCUT2D eigenvalue weighted by Gasteiger charge is -2.30. The average molecular weight is 267 g/mol. The van der Waals surface area contributed by atoms with Crippen molar-refractivity contribution in [3.05, 3.63) is 11.4 Å². The number of hydrazine groups is 1. The third kappa shape index (κ3) is 4.04. The minimum absolute atomic E-state index is 0.508. The first-order valence-corrected chi connectivity index (χ1v) is 6.63. The lowest BCUT2D eigenvalue weighted by molar-refractivity contribution is 0.0874. The van der Waals surface area contributed by atoms with Gasteiger partial charge in [-0.2, -0.15) is 0 Å². The molecule has 0 spiro atoms. The largest absolute Gasteiger partial charge is 0.389 e. The predicted octanol–water partition coefficient (Wildman–Crippen LogP) is 1.23. The van der Waals surface area contributed by atoms with Crippen molar-refractivity contribution in [1.82, 2.24) is 9.97 Å². The lowest BCUT2D eigenvalue weighted by atomic mass is 10.1. The summed E-state index contributed by atoms with van der Waals surface area (Å²) in [5.74, 6) is 7.70. The van der Waals surface area contributed by atoms with E-state index in [4.69, 9.17) is 5.84 Å². The standard InChI is InChI=1S/C13H25N5O/c1-6-10-15-11(17-14)9(3)12(16-10)18(7-2)8-13(4,5)19/h19H,6-8,14H2,1-5H3,(H,15,16,17). The third-order valence-corrected chi connectivity index (χ3v) is 2.88. The molecule has 108 valence electrons.